The molecule has 1 aromatic rings. The van der Waals surface area contributed by atoms with E-state index in [9.17, 15) is 0 Å². The Morgan fingerprint density at radius 3 is 2.56 bits per heavy atom. The molecule has 0 radical (unpaired) electrons. The number of hydrogen-bond acceptors (Lipinski definition) is 3. The lowest BCUT2D eigenvalue weighted by Gasteiger charge is -2.20. The van der Waals surface area contributed by atoms with E-state index in [0.717, 1.165) is 22.8 Å². The lowest BCUT2D eigenvalue weighted by molar-refractivity contribution is 0.532. The highest BCUT2D eigenvalue weighted by Gasteiger charge is 2.42. The van der Waals surface area contributed by atoms with E-state index in [1.807, 2.05) is 24.3 Å². The molecule has 2 N–H and O–H groups in total. The van der Waals surface area contributed by atoms with Crippen molar-refractivity contribution >= 4 is 23.4 Å². The van der Waals surface area contributed by atoms with Gasteiger partial charge in [0.1, 0.15) is 5.54 Å². The van der Waals surface area contributed by atoms with Gasteiger partial charge < -0.3 is 5.73 Å². The van der Waals surface area contributed by atoms with Gasteiger partial charge >= 0.3 is 0 Å². The lowest BCUT2D eigenvalue weighted by atomic mass is 10.00. The predicted molar refractivity (Wildman–Crippen MR) is 67.4 cm³/mol. The SMILES string of the molecule is N#CC(N)(CSc1ccc(Cl)cc1)C1CC1. The van der Waals surface area contributed by atoms with Crippen LogP contribution in [0, 0.1) is 17.2 Å². The quantitative estimate of drug-likeness (QED) is 0.838. The van der Waals surface area contributed by atoms with Crippen LogP contribution in [0.5, 0.6) is 0 Å². The topological polar surface area (TPSA) is 49.8 Å². The van der Waals surface area contributed by atoms with Crippen LogP contribution < -0.4 is 5.73 Å². The summed E-state index contributed by atoms with van der Waals surface area (Å²) in [6, 6.07) is 9.87. The van der Waals surface area contributed by atoms with Crippen LogP contribution in [0.15, 0.2) is 29.2 Å². The Kier molecular flexibility index (Phi) is 3.44. The van der Waals surface area contributed by atoms with E-state index in [4.69, 9.17) is 22.6 Å². The molecule has 0 amide bonds. The number of benzene rings is 1. The molecular formula is C12H13ClN2S. The molecule has 0 aromatic heterocycles. The Bertz CT molecular complexity index is 408. The molecule has 0 aliphatic heterocycles. The van der Waals surface area contributed by atoms with Crippen molar-refractivity contribution in [2.75, 3.05) is 5.75 Å². The van der Waals surface area contributed by atoms with Gasteiger partial charge in [0.15, 0.2) is 0 Å². The largest absolute Gasteiger partial charge is 0.312 e. The first kappa shape index (κ1) is 11.8. The maximum Gasteiger partial charge on any atom is 0.116 e. The average molecular weight is 253 g/mol. The standard InChI is InChI=1S/C12H13ClN2S/c13-10-3-5-11(6-4-10)16-8-12(15,7-14)9-1-2-9/h3-6,9H,1-2,8,15H2. The third-order valence-electron chi connectivity index (χ3n) is 2.81. The maximum atomic E-state index is 9.11. The van der Waals surface area contributed by atoms with Gasteiger partial charge in [-0.05, 0) is 43.0 Å². The zero-order valence-corrected chi connectivity index (χ0v) is 10.4. The molecule has 1 aliphatic rings. The monoisotopic (exact) mass is 252 g/mol. The molecule has 0 saturated heterocycles. The second-order valence-corrected chi connectivity index (χ2v) is 5.65. The van der Waals surface area contributed by atoms with Gasteiger partial charge in [0.2, 0.25) is 0 Å². The molecular weight excluding hydrogens is 240 g/mol. The highest BCUT2D eigenvalue weighted by atomic mass is 35.5. The van der Waals surface area contributed by atoms with Crippen molar-refractivity contribution in [3.63, 3.8) is 0 Å². The van der Waals surface area contributed by atoms with Gasteiger partial charge in [-0.15, -0.1) is 11.8 Å². The Morgan fingerprint density at radius 2 is 2.06 bits per heavy atom. The van der Waals surface area contributed by atoms with Crippen molar-refractivity contribution in [3.8, 4) is 6.07 Å². The number of nitrogens with zero attached hydrogens (tertiary/aromatic N) is 1. The van der Waals surface area contributed by atoms with E-state index in [1.54, 1.807) is 11.8 Å². The summed E-state index contributed by atoms with van der Waals surface area (Å²) in [4.78, 5) is 1.11. The Labute approximate surface area is 105 Å². The molecule has 1 aromatic carbocycles. The fourth-order valence-corrected chi connectivity index (χ4v) is 2.73. The number of nitrogens with two attached hydrogens (primary N) is 1. The lowest BCUT2D eigenvalue weighted by Crippen LogP contribution is -2.43. The number of nitriles is 1. The zero-order valence-electron chi connectivity index (χ0n) is 8.82. The molecule has 1 saturated carbocycles. The summed E-state index contributed by atoms with van der Waals surface area (Å²) in [6.07, 6.45) is 2.18. The highest BCUT2D eigenvalue weighted by molar-refractivity contribution is 7.99. The van der Waals surface area contributed by atoms with Crippen LogP contribution in [0.1, 0.15) is 12.8 Å². The van der Waals surface area contributed by atoms with E-state index in [2.05, 4.69) is 6.07 Å². The molecule has 1 fully saturated rings. The third-order valence-corrected chi connectivity index (χ3v) is 4.28. The first-order chi connectivity index (χ1) is 7.64. The van der Waals surface area contributed by atoms with Crippen molar-refractivity contribution in [3.05, 3.63) is 29.3 Å². The average Bonchev–Trinajstić information content (AvgIpc) is 3.12. The summed E-state index contributed by atoms with van der Waals surface area (Å²) in [7, 11) is 0. The molecule has 84 valence electrons. The van der Waals surface area contributed by atoms with Crippen molar-refractivity contribution in [1.29, 1.82) is 5.26 Å². The summed E-state index contributed by atoms with van der Waals surface area (Å²) in [6.45, 7) is 0. The van der Waals surface area contributed by atoms with Crippen molar-refractivity contribution in [2.24, 2.45) is 11.7 Å². The minimum absolute atomic E-state index is 0.386. The maximum absolute atomic E-state index is 9.11. The van der Waals surface area contributed by atoms with Gasteiger partial charge in [0, 0.05) is 15.7 Å². The molecule has 1 aliphatic carbocycles. The number of thioether (sulfide) groups is 1. The molecule has 16 heavy (non-hydrogen) atoms. The van der Waals surface area contributed by atoms with Gasteiger partial charge in [-0.1, -0.05) is 11.6 Å². The van der Waals surface area contributed by atoms with Gasteiger partial charge in [0.25, 0.3) is 0 Å². The summed E-state index contributed by atoms with van der Waals surface area (Å²) in [5, 5.41) is 9.84. The van der Waals surface area contributed by atoms with Crippen LogP contribution in [0.2, 0.25) is 5.02 Å². The minimum atomic E-state index is -0.662. The number of hydrogen-bond donors (Lipinski definition) is 1. The summed E-state index contributed by atoms with van der Waals surface area (Å²) in [5.41, 5.74) is 5.41. The van der Waals surface area contributed by atoms with Crippen molar-refractivity contribution < 1.29 is 0 Å². The van der Waals surface area contributed by atoms with Crippen LogP contribution in [-0.4, -0.2) is 11.3 Å². The fourth-order valence-electron chi connectivity index (χ4n) is 1.57. The van der Waals surface area contributed by atoms with Crippen molar-refractivity contribution in [2.45, 2.75) is 23.3 Å². The molecule has 1 atom stereocenters. The van der Waals surface area contributed by atoms with E-state index >= 15 is 0 Å². The van der Waals surface area contributed by atoms with Crippen LogP contribution in [0.4, 0.5) is 0 Å². The van der Waals surface area contributed by atoms with E-state index in [0.29, 0.717) is 11.7 Å². The molecule has 2 nitrogen and oxygen atoms in total. The second kappa shape index (κ2) is 4.67. The molecule has 0 heterocycles. The zero-order chi connectivity index (χ0) is 11.6. The van der Waals surface area contributed by atoms with Gasteiger partial charge in [-0.25, -0.2) is 0 Å². The first-order valence-electron chi connectivity index (χ1n) is 5.22. The second-order valence-electron chi connectivity index (χ2n) is 4.17. The number of halogens is 1. The number of rotatable bonds is 4. The molecule has 0 spiro atoms. The van der Waals surface area contributed by atoms with Gasteiger partial charge in [-0.2, -0.15) is 5.26 Å². The van der Waals surface area contributed by atoms with Crippen molar-refractivity contribution in [1.82, 2.24) is 0 Å². The molecule has 4 heteroatoms. The smallest absolute Gasteiger partial charge is 0.116 e. The van der Waals surface area contributed by atoms with E-state index in [-0.39, 0.29) is 0 Å². The normalized spacial score (nSPS) is 18.8. The highest BCUT2D eigenvalue weighted by Crippen LogP contribution is 2.40. The fraction of sp³-hybridized carbons (Fsp3) is 0.417. The molecule has 0 bridgehead atoms. The summed E-state index contributed by atoms with van der Waals surface area (Å²) < 4.78 is 0. The minimum Gasteiger partial charge on any atom is -0.312 e. The Morgan fingerprint density at radius 1 is 1.44 bits per heavy atom. The van der Waals surface area contributed by atoms with Crippen LogP contribution in [0.3, 0.4) is 0 Å². The van der Waals surface area contributed by atoms with Crippen LogP contribution in [0.25, 0.3) is 0 Å². The summed E-state index contributed by atoms with van der Waals surface area (Å²) >= 11 is 7.43. The Balaban J connectivity index is 1.96. The third kappa shape index (κ3) is 2.70. The van der Waals surface area contributed by atoms with Gasteiger partial charge in [-0.3, -0.25) is 0 Å². The van der Waals surface area contributed by atoms with Crippen LogP contribution in [-0.2, 0) is 0 Å². The van der Waals surface area contributed by atoms with E-state index in [1.165, 1.54) is 0 Å². The summed E-state index contributed by atoms with van der Waals surface area (Å²) in [5.74, 6) is 1.03. The predicted octanol–water partition coefficient (Wildman–Crippen LogP) is 3.06. The molecule has 2 rings (SSSR count). The van der Waals surface area contributed by atoms with E-state index < -0.39 is 5.54 Å². The van der Waals surface area contributed by atoms with Crippen LogP contribution >= 0.6 is 23.4 Å². The Hall–Kier alpha value is -0.690. The molecule has 1 unspecified atom stereocenters. The first-order valence-corrected chi connectivity index (χ1v) is 6.59. The van der Waals surface area contributed by atoms with Gasteiger partial charge in [0.05, 0.1) is 6.07 Å².